The fourth-order valence-corrected chi connectivity index (χ4v) is 2.94. The van der Waals surface area contributed by atoms with E-state index in [0.29, 0.717) is 5.82 Å². The van der Waals surface area contributed by atoms with E-state index in [1.807, 2.05) is 20.8 Å². The Hall–Kier alpha value is -1.34. The number of aryl methyl sites for hydroxylation is 2. The molecule has 0 amide bonds. The Kier molecular flexibility index (Phi) is 4.82. The van der Waals surface area contributed by atoms with E-state index in [4.69, 9.17) is 4.74 Å². The van der Waals surface area contributed by atoms with Gasteiger partial charge in [0, 0.05) is 11.4 Å². The molecule has 0 aliphatic carbocycles. The summed E-state index contributed by atoms with van der Waals surface area (Å²) in [5.41, 5.74) is 1.15. The van der Waals surface area contributed by atoms with Gasteiger partial charge in [0.05, 0.1) is 5.39 Å². The minimum Gasteiger partial charge on any atom is -0.370 e. The average Bonchev–Trinajstić information content (AvgIpc) is 2.65. The first-order valence-electron chi connectivity index (χ1n) is 6.39. The molecule has 0 saturated heterocycles. The van der Waals surface area contributed by atoms with Crippen LogP contribution in [0.3, 0.4) is 0 Å². The monoisotopic (exact) mass is 301 g/mol. The van der Waals surface area contributed by atoms with Crippen molar-refractivity contribution in [1.29, 1.82) is 0 Å². The van der Waals surface area contributed by atoms with Crippen LogP contribution in [0.25, 0.3) is 10.2 Å². The molecule has 0 bridgehead atoms. The zero-order valence-electron chi connectivity index (χ0n) is 11.7. The Balaban J connectivity index is 2.33. The number of anilines is 1. The number of nitrogens with zero attached hydrogens (tertiary/aromatic N) is 2. The molecule has 0 saturated carbocycles. The van der Waals surface area contributed by atoms with Crippen molar-refractivity contribution in [2.24, 2.45) is 0 Å². The van der Waals surface area contributed by atoms with E-state index in [-0.39, 0.29) is 6.61 Å². The van der Waals surface area contributed by atoms with Gasteiger partial charge in [-0.3, -0.25) is 0 Å². The number of fused-ring (bicyclic) bond motifs is 1. The lowest BCUT2D eigenvalue weighted by Crippen LogP contribution is -2.08. The molecular weight excluding hydrogens is 284 g/mol. The molecule has 2 aromatic rings. The summed E-state index contributed by atoms with van der Waals surface area (Å²) in [5, 5.41) is 4.20. The van der Waals surface area contributed by atoms with E-state index < -0.39 is 13.0 Å². The zero-order valence-corrected chi connectivity index (χ0v) is 12.5. The van der Waals surface area contributed by atoms with Crippen LogP contribution >= 0.6 is 11.3 Å². The van der Waals surface area contributed by atoms with Crippen LogP contribution in [0.2, 0.25) is 0 Å². The molecule has 0 aliphatic heterocycles. The highest BCUT2D eigenvalue weighted by Gasteiger charge is 2.14. The molecule has 7 heteroatoms. The predicted molar refractivity (Wildman–Crippen MR) is 76.7 cm³/mol. The van der Waals surface area contributed by atoms with Gasteiger partial charge in [0.1, 0.15) is 23.9 Å². The van der Waals surface area contributed by atoms with Crippen LogP contribution in [0.1, 0.15) is 23.2 Å². The molecule has 0 aromatic carbocycles. The molecule has 0 atom stereocenters. The molecule has 0 fully saturated rings. The number of nitrogens with one attached hydrogen (secondary N) is 1. The Morgan fingerprint density at radius 1 is 1.30 bits per heavy atom. The van der Waals surface area contributed by atoms with Gasteiger partial charge in [0.2, 0.25) is 0 Å². The molecular formula is C13H17F2N3OS. The second kappa shape index (κ2) is 6.41. The van der Waals surface area contributed by atoms with E-state index in [1.165, 1.54) is 4.88 Å². The van der Waals surface area contributed by atoms with Crippen molar-refractivity contribution in [3.8, 4) is 0 Å². The number of rotatable bonds is 6. The molecule has 20 heavy (non-hydrogen) atoms. The molecule has 2 aromatic heterocycles. The lowest BCUT2D eigenvalue weighted by molar-refractivity contribution is 0.00781. The maximum atomic E-state index is 12.1. The van der Waals surface area contributed by atoms with Gasteiger partial charge in [-0.1, -0.05) is 0 Å². The van der Waals surface area contributed by atoms with Gasteiger partial charge in [-0.25, -0.2) is 18.7 Å². The van der Waals surface area contributed by atoms with Crippen molar-refractivity contribution in [2.45, 2.75) is 33.8 Å². The molecule has 110 valence electrons. The maximum absolute atomic E-state index is 12.1. The fraction of sp³-hybridized carbons (Fsp3) is 0.538. The first-order chi connectivity index (χ1) is 9.52. The Bertz CT molecular complexity index is 601. The lowest BCUT2D eigenvalue weighted by atomic mass is 10.2. The minimum atomic E-state index is -2.47. The number of thiophene rings is 1. The van der Waals surface area contributed by atoms with Gasteiger partial charge < -0.3 is 10.1 Å². The van der Waals surface area contributed by atoms with Gasteiger partial charge in [-0.05, 0) is 26.3 Å². The maximum Gasteiger partial charge on any atom is 0.261 e. The number of ether oxygens (including phenoxy) is 1. The predicted octanol–water partition coefficient (Wildman–Crippen LogP) is 3.52. The molecule has 4 nitrogen and oxygen atoms in total. The van der Waals surface area contributed by atoms with Gasteiger partial charge in [-0.15, -0.1) is 11.3 Å². The molecule has 2 heterocycles. The summed E-state index contributed by atoms with van der Waals surface area (Å²) < 4.78 is 29.0. The smallest absolute Gasteiger partial charge is 0.261 e. The topological polar surface area (TPSA) is 47.0 Å². The van der Waals surface area contributed by atoms with Crippen molar-refractivity contribution in [3.05, 3.63) is 16.3 Å². The largest absolute Gasteiger partial charge is 0.370 e. The standard InChI is InChI=1S/C13H17F2N3OS/c1-4-16-12-11-7(2)8(3)20-13(11)18-10(17-12)6-19-5-9(14)15/h9H,4-6H2,1-3H3,(H,16,17,18). The third-order valence-electron chi connectivity index (χ3n) is 2.89. The quantitative estimate of drug-likeness (QED) is 0.887. The Labute approximate surface area is 120 Å². The van der Waals surface area contributed by atoms with Gasteiger partial charge in [-0.2, -0.15) is 0 Å². The molecule has 0 unspecified atom stereocenters. The molecule has 0 spiro atoms. The second-order valence-corrected chi connectivity index (χ2v) is 5.59. The van der Waals surface area contributed by atoms with Crippen LogP contribution in [0.5, 0.6) is 0 Å². The summed E-state index contributed by atoms with van der Waals surface area (Å²) in [4.78, 5) is 10.8. The number of halogens is 2. The number of alkyl halides is 2. The minimum absolute atomic E-state index is 0.00529. The van der Waals surface area contributed by atoms with Crippen LogP contribution in [-0.2, 0) is 11.3 Å². The van der Waals surface area contributed by atoms with E-state index in [0.717, 1.165) is 28.1 Å². The highest BCUT2D eigenvalue weighted by atomic mass is 32.1. The first kappa shape index (κ1) is 15.1. The van der Waals surface area contributed by atoms with Crippen LogP contribution in [0.15, 0.2) is 0 Å². The third-order valence-corrected chi connectivity index (χ3v) is 4.00. The summed E-state index contributed by atoms with van der Waals surface area (Å²) >= 11 is 1.58. The Morgan fingerprint density at radius 2 is 2.05 bits per heavy atom. The number of hydrogen-bond acceptors (Lipinski definition) is 5. The van der Waals surface area contributed by atoms with Crippen LogP contribution in [-0.4, -0.2) is 29.5 Å². The third kappa shape index (κ3) is 3.21. The average molecular weight is 301 g/mol. The number of hydrogen-bond donors (Lipinski definition) is 1. The normalized spacial score (nSPS) is 11.5. The van der Waals surface area contributed by atoms with Crippen LogP contribution < -0.4 is 5.32 Å². The Morgan fingerprint density at radius 3 is 2.70 bits per heavy atom. The summed E-state index contributed by atoms with van der Waals surface area (Å²) in [6.07, 6.45) is -2.47. The van der Waals surface area contributed by atoms with Crippen molar-refractivity contribution >= 4 is 27.4 Å². The second-order valence-electron chi connectivity index (χ2n) is 4.39. The van der Waals surface area contributed by atoms with Gasteiger partial charge >= 0.3 is 0 Å². The summed E-state index contributed by atoms with van der Waals surface area (Å²) in [6, 6.07) is 0. The fourth-order valence-electron chi connectivity index (χ4n) is 1.89. The van der Waals surface area contributed by atoms with E-state index in [1.54, 1.807) is 11.3 Å². The SMILES string of the molecule is CCNc1nc(COCC(F)F)nc2sc(C)c(C)c12. The molecule has 2 rings (SSSR count). The van der Waals surface area contributed by atoms with Crippen molar-refractivity contribution in [2.75, 3.05) is 18.5 Å². The van der Waals surface area contributed by atoms with Gasteiger partial charge in [0.25, 0.3) is 6.43 Å². The highest BCUT2D eigenvalue weighted by molar-refractivity contribution is 7.18. The van der Waals surface area contributed by atoms with Crippen LogP contribution in [0.4, 0.5) is 14.6 Å². The molecule has 0 aliphatic rings. The first-order valence-corrected chi connectivity index (χ1v) is 7.21. The summed E-state index contributed by atoms with van der Waals surface area (Å²) in [7, 11) is 0. The molecule has 0 radical (unpaired) electrons. The molecule has 1 N–H and O–H groups in total. The summed E-state index contributed by atoms with van der Waals surface area (Å²) in [6.45, 7) is 6.18. The van der Waals surface area contributed by atoms with E-state index in [2.05, 4.69) is 15.3 Å². The highest BCUT2D eigenvalue weighted by Crippen LogP contribution is 2.33. The zero-order chi connectivity index (χ0) is 14.7. The van der Waals surface area contributed by atoms with E-state index >= 15 is 0 Å². The van der Waals surface area contributed by atoms with E-state index in [9.17, 15) is 8.78 Å². The van der Waals surface area contributed by atoms with Crippen molar-refractivity contribution < 1.29 is 13.5 Å². The van der Waals surface area contributed by atoms with Crippen LogP contribution in [0, 0.1) is 13.8 Å². The number of aromatic nitrogens is 2. The lowest BCUT2D eigenvalue weighted by Gasteiger charge is -2.08. The van der Waals surface area contributed by atoms with Crippen molar-refractivity contribution in [3.63, 3.8) is 0 Å². The van der Waals surface area contributed by atoms with Crippen molar-refractivity contribution in [1.82, 2.24) is 9.97 Å². The van der Waals surface area contributed by atoms with Gasteiger partial charge in [0.15, 0.2) is 5.82 Å². The summed E-state index contributed by atoms with van der Waals surface area (Å²) in [5.74, 6) is 1.17.